The van der Waals surface area contributed by atoms with Gasteiger partial charge in [0, 0.05) is 31.3 Å². The summed E-state index contributed by atoms with van der Waals surface area (Å²) < 4.78 is 56.4. The van der Waals surface area contributed by atoms with Gasteiger partial charge in [-0.05, 0) is 89.4 Å². The number of pyridine rings is 2. The largest absolute Gasteiger partial charge is 1.00 e. The monoisotopic (exact) mass is 883 g/mol. The van der Waals surface area contributed by atoms with E-state index in [4.69, 9.17) is 37.9 Å². The summed E-state index contributed by atoms with van der Waals surface area (Å²) in [5.41, 5.74) is 6.55. The molecule has 0 saturated carbocycles. The van der Waals surface area contributed by atoms with Crippen molar-refractivity contribution in [2.45, 2.75) is 13.1 Å². The number of hydrogen-bond donors (Lipinski definition) is 2. The number of nitrogens with zero attached hydrogens (tertiary/aromatic N) is 5. The SMILES string of the molecule is CN=P.Fc1ccc(Br)nc1Cl.N#Cc1ccc(CN)c(F)c1.N#Cc1ccc(CNc2nc(Br)ccc2F)c(F)c1.O=CO[O-].[H-].[K+].[K+]. The summed E-state index contributed by atoms with van der Waals surface area (Å²) in [7, 11) is 4.47. The third-order valence-corrected chi connectivity index (χ3v) is 5.80. The van der Waals surface area contributed by atoms with Gasteiger partial charge in [-0.25, -0.2) is 27.5 Å². The molecule has 0 bridgehead atoms. The summed E-state index contributed by atoms with van der Waals surface area (Å²) in [5, 5.41) is 28.0. The third-order valence-electron chi connectivity index (χ3n) is 4.65. The predicted octanol–water partition coefficient (Wildman–Crippen LogP) is 0.897. The minimum atomic E-state index is -0.516. The van der Waals surface area contributed by atoms with Gasteiger partial charge in [-0.15, -0.1) is 0 Å². The van der Waals surface area contributed by atoms with E-state index >= 15 is 0 Å². The second-order valence-corrected chi connectivity index (χ2v) is 10.1. The Morgan fingerprint density at radius 1 is 0.938 bits per heavy atom. The van der Waals surface area contributed by atoms with Crippen LogP contribution >= 0.6 is 52.5 Å². The van der Waals surface area contributed by atoms with E-state index in [2.05, 4.69) is 65.8 Å². The number of aromatic nitrogens is 2. The van der Waals surface area contributed by atoms with Gasteiger partial charge in [-0.1, -0.05) is 23.7 Å². The van der Waals surface area contributed by atoms with E-state index in [1.807, 2.05) is 12.1 Å². The second kappa shape index (κ2) is 31.0. The number of carbonyl (C=O) groups is 1. The standard InChI is InChI=1S/C13H8BrF2N3.C8H7FN2.C5H2BrClFN.CH4NP.CH2O3.2K.H/c14-12-4-3-10(15)13(19-12)18-7-9-2-1-8(6-17)5-11(9)16;9-8-3-6(4-10)1-2-7(8)5-11;6-4-2-1-3(8)5(7)9-4;1-2-3;2-1-4-3;;;/h1-5H,7H2,(H,18,19);1-3H,5,11H2;1-2H;3H,1H3;1,3H;;;/q;;;;;2*+1;-1/p-1. The van der Waals surface area contributed by atoms with E-state index in [-0.39, 0.29) is 140 Å². The first-order chi connectivity index (χ1) is 21.9. The van der Waals surface area contributed by atoms with Crippen molar-refractivity contribution in [2.75, 3.05) is 12.4 Å². The van der Waals surface area contributed by atoms with Crippen LogP contribution in [-0.4, -0.2) is 23.5 Å². The van der Waals surface area contributed by atoms with Crippen LogP contribution in [0.1, 0.15) is 23.7 Å². The first kappa shape index (κ1) is 51.6. The fourth-order valence-corrected chi connectivity index (χ4v) is 3.53. The van der Waals surface area contributed by atoms with Crippen LogP contribution in [0, 0.1) is 45.9 Å². The fourth-order valence-electron chi connectivity index (χ4n) is 2.66. The average Bonchev–Trinajstić information content (AvgIpc) is 3.04. The van der Waals surface area contributed by atoms with Crippen LogP contribution in [0.5, 0.6) is 0 Å². The molecule has 4 aromatic rings. The molecule has 0 spiro atoms. The zero-order chi connectivity index (χ0) is 35.1. The van der Waals surface area contributed by atoms with Crippen LogP contribution in [0.25, 0.3) is 0 Å². The fraction of sp³-hybridized carbons (Fsp3) is 0.107. The topological polar surface area (TPSA) is 173 Å². The minimum absolute atomic E-state index is 0. The maximum Gasteiger partial charge on any atom is 1.00 e. The van der Waals surface area contributed by atoms with Gasteiger partial charge >= 0.3 is 103 Å². The van der Waals surface area contributed by atoms with Crippen LogP contribution < -0.4 is 119 Å². The van der Waals surface area contributed by atoms with Gasteiger partial charge in [0.25, 0.3) is 6.47 Å². The van der Waals surface area contributed by atoms with Crippen LogP contribution in [0.2, 0.25) is 5.15 Å². The Morgan fingerprint density at radius 2 is 1.38 bits per heavy atom. The molecule has 0 fully saturated rings. The quantitative estimate of drug-likeness (QED) is 0.0562. The van der Waals surface area contributed by atoms with Crippen LogP contribution in [-0.2, 0) is 22.8 Å². The average molecular weight is 886 g/mol. The van der Waals surface area contributed by atoms with Gasteiger partial charge < -0.3 is 22.6 Å². The molecule has 2 aromatic heterocycles. The zero-order valence-electron chi connectivity index (χ0n) is 26.4. The van der Waals surface area contributed by atoms with Gasteiger partial charge in [-0.2, -0.15) is 10.5 Å². The molecule has 48 heavy (non-hydrogen) atoms. The van der Waals surface area contributed by atoms with E-state index in [1.165, 1.54) is 48.5 Å². The number of nitriles is 2. The maximum atomic E-state index is 13.6. The van der Waals surface area contributed by atoms with Crippen LogP contribution in [0.4, 0.5) is 23.4 Å². The number of benzene rings is 2. The predicted molar refractivity (Wildman–Crippen MR) is 171 cm³/mol. The number of nitrogens with two attached hydrogens (primary N) is 1. The summed E-state index contributed by atoms with van der Waals surface area (Å²) in [6.07, 6.45) is 0. The molecule has 0 amide bonds. The molecule has 0 aliphatic carbocycles. The molecule has 0 aliphatic rings. The Labute approximate surface area is 384 Å². The summed E-state index contributed by atoms with van der Waals surface area (Å²) in [4.78, 5) is 18.7. The Kier molecular flexibility index (Phi) is 33.4. The molecular weight excluding hydrogens is 863 g/mol. The number of rotatable bonds is 5. The molecule has 2 heterocycles. The number of carbonyl (C=O) groups excluding carboxylic acids is 1. The van der Waals surface area contributed by atoms with E-state index in [1.54, 1.807) is 13.1 Å². The third kappa shape index (κ3) is 22.1. The first-order valence-corrected chi connectivity index (χ1v) is 14.4. The molecule has 0 radical (unpaired) electrons. The van der Waals surface area contributed by atoms with Gasteiger partial charge in [0.15, 0.2) is 22.6 Å². The van der Waals surface area contributed by atoms with Crippen LogP contribution in [0.3, 0.4) is 0 Å². The van der Waals surface area contributed by atoms with Crippen molar-refractivity contribution in [2.24, 2.45) is 10.5 Å². The molecule has 2 aromatic carbocycles. The number of halogens is 7. The van der Waals surface area contributed by atoms with Gasteiger partial charge in [0.2, 0.25) is 0 Å². The zero-order valence-corrected chi connectivity index (χ0v) is 36.6. The Bertz CT molecular complexity index is 1680. The number of hydrogen-bond acceptors (Lipinski definition) is 10. The van der Waals surface area contributed by atoms with Crippen molar-refractivity contribution in [3.05, 3.63) is 121 Å². The minimum Gasteiger partial charge on any atom is -1.00 e. The molecule has 0 aliphatic heterocycles. The summed E-state index contributed by atoms with van der Waals surface area (Å²) in [6.45, 7) is 0.0649. The van der Waals surface area contributed by atoms with Gasteiger partial charge in [-0.3, -0.25) is 9.54 Å². The van der Waals surface area contributed by atoms with Crippen molar-refractivity contribution in [1.82, 2.24) is 9.97 Å². The normalized spacial score (nSPS) is 8.58. The molecule has 3 N–H and O–H groups in total. The van der Waals surface area contributed by atoms with E-state index in [9.17, 15) is 17.6 Å². The van der Waals surface area contributed by atoms with Crippen molar-refractivity contribution < 1.29 is 137 Å². The van der Waals surface area contributed by atoms with E-state index < -0.39 is 23.3 Å². The summed E-state index contributed by atoms with van der Waals surface area (Å²) in [6, 6.07) is 17.5. The van der Waals surface area contributed by atoms with E-state index in [0.29, 0.717) is 25.9 Å². The molecule has 0 atom stereocenters. The Hall–Kier alpha value is -0.747. The molecule has 0 unspecified atom stereocenters. The molecule has 4 rings (SSSR count). The first-order valence-electron chi connectivity index (χ1n) is 12.0. The Balaban J connectivity index is -0.000000291. The van der Waals surface area contributed by atoms with E-state index in [0.717, 1.165) is 6.07 Å². The van der Waals surface area contributed by atoms with Crippen LogP contribution in [0.15, 0.2) is 74.6 Å². The number of anilines is 1. The molecule has 0 saturated heterocycles. The van der Waals surface area contributed by atoms with Crippen molar-refractivity contribution >= 4 is 64.8 Å². The van der Waals surface area contributed by atoms with Gasteiger partial charge in [0.1, 0.15) is 20.8 Å². The summed E-state index contributed by atoms with van der Waals surface area (Å²) in [5.74, 6) is -1.90. The molecule has 244 valence electrons. The smallest absolute Gasteiger partial charge is 1.00 e. The maximum absolute atomic E-state index is 13.6. The Morgan fingerprint density at radius 3 is 1.75 bits per heavy atom. The molecule has 10 nitrogen and oxygen atoms in total. The molecular formula is C28H23Br2ClF4K2N7O3P. The van der Waals surface area contributed by atoms with Crippen molar-refractivity contribution in [1.29, 1.82) is 10.5 Å². The number of nitrogens with one attached hydrogen (secondary N) is 1. The summed E-state index contributed by atoms with van der Waals surface area (Å²) >= 11 is 11.5. The van der Waals surface area contributed by atoms with Gasteiger partial charge in [0.05, 0.1) is 23.3 Å². The molecule has 20 heteroatoms. The second-order valence-electron chi connectivity index (χ2n) is 7.68. The van der Waals surface area contributed by atoms with Crippen molar-refractivity contribution in [3.63, 3.8) is 0 Å². The van der Waals surface area contributed by atoms with Crippen molar-refractivity contribution in [3.8, 4) is 12.1 Å².